The van der Waals surface area contributed by atoms with Crippen LogP contribution in [-0.2, 0) is 17.8 Å². The van der Waals surface area contributed by atoms with Gasteiger partial charge in [-0.15, -0.1) is 0 Å². The van der Waals surface area contributed by atoms with Gasteiger partial charge in [-0.1, -0.05) is 12.1 Å². The molecule has 2 aromatic carbocycles. The molecule has 1 aliphatic carbocycles. The number of benzene rings is 2. The molecule has 4 rings (SSSR count). The Kier molecular flexibility index (Phi) is 7.38. The summed E-state index contributed by atoms with van der Waals surface area (Å²) in [6.45, 7) is 2.46. The quantitative estimate of drug-likeness (QED) is 0.429. The second-order valence-corrected chi connectivity index (χ2v) is 8.69. The van der Waals surface area contributed by atoms with Gasteiger partial charge >= 0.3 is 0 Å². The third-order valence-electron chi connectivity index (χ3n) is 6.51. The molecule has 1 amide bonds. The Balaban J connectivity index is 1.66. The van der Waals surface area contributed by atoms with Crippen LogP contribution in [-0.4, -0.2) is 44.3 Å². The first-order valence-electron chi connectivity index (χ1n) is 11.7. The molecule has 188 valence electrons. The topological polar surface area (TPSA) is 81.4 Å². The molecule has 1 aromatic heterocycles. The Bertz CT molecular complexity index is 1290. The van der Waals surface area contributed by atoms with E-state index in [0.29, 0.717) is 24.5 Å². The van der Waals surface area contributed by atoms with Crippen LogP contribution in [0.4, 0.5) is 0 Å². The molecule has 36 heavy (non-hydrogen) atoms. The van der Waals surface area contributed by atoms with Crippen LogP contribution in [0.15, 0.2) is 64.8 Å². The van der Waals surface area contributed by atoms with Crippen LogP contribution in [0, 0.1) is 0 Å². The van der Waals surface area contributed by atoms with Crippen LogP contribution >= 0.6 is 0 Å². The van der Waals surface area contributed by atoms with Crippen LogP contribution in [0.25, 0.3) is 11.1 Å². The van der Waals surface area contributed by atoms with Gasteiger partial charge in [-0.2, -0.15) is 0 Å². The maximum atomic E-state index is 13.1. The van der Waals surface area contributed by atoms with Gasteiger partial charge in [-0.3, -0.25) is 4.79 Å². The van der Waals surface area contributed by atoms with Crippen molar-refractivity contribution >= 4 is 17.1 Å². The number of phenolic OH excluding ortho intramolecular Hbond substituents is 1. The molecule has 0 fully saturated rings. The van der Waals surface area contributed by atoms with Gasteiger partial charge in [-0.25, -0.2) is 0 Å². The van der Waals surface area contributed by atoms with E-state index in [-0.39, 0.29) is 18.1 Å². The molecule has 7 nitrogen and oxygen atoms in total. The Morgan fingerprint density at radius 2 is 1.75 bits per heavy atom. The second-order valence-electron chi connectivity index (χ2n) is 8.69. The number of hydrogen-bond donors (Lipinski definition) is 1. The van der Waals surface area contributed by atoms with Crippen molar-refractivity contribution in [3.63, 3.8) is 0 Å². The monoisotopic (exact) mass is 489 g/mol. The van der Waals surface area contributed by atoms with Gasteiger partial charge in [-0.05, 0) is 83.2 Å². The van der Waals surface area contributed by atoms with E-state index in [2.05, 4.69) is 6.08 Å². The van der Waals surface area contributed by atoms with Crippen LogP contribution in [0.1, 0.15) is 35.8 Å². The molecule has 0 saturated heterocycles. The molecule has 0 saturated carbocycles. The zero-order valence-electron chi connectivity index (χ0n) is 21.3. The number of methoxy groups -OCH3 is 3. The molecule has 1 N–H and O–H groups in total. The minimum Gasteiger partial charge on any atom is -0.502 e. The zero-order chi connectivity index (χ0) is 25.8. The van der Waals surface area contributed by atoms with E-state index in [1.54, 1.807) is 37.5 Å². The number of amides is 1. The first-order chi connectivity index (χ1) is 17.4. The summed E-state index contributed by atoms with van der Waals surface area (Å²) in [5.74, 6) is 2.18. The molecular formula is C29H31NO6. The van der Waals surface area contributed by atoms with Crippen molar-refractivity contribution in [3.05, 3.63) is 82.8 Å². The predicted octanol–water partition coefficient (Wildman–Crippen LogP) is 5.47. The fourth-order valence-electron chi connectivity index (χ4n) is 4.49. The molecule has 1 heterocycles. The summed E-state index contributed by atoms with van der Waals surface area (Å²) in [6.07, 6.45) is 4.60. The summed E-state index contributed by atoms with van der Waals surface area (Å²) in [7, 11) is 6.44. The van der Waals surface area contributed by atoms with E-state index in [1.807, 2.05) is 37.3 Å². The molecule has 0 atom stereocenters. The Hall–Kier alpha value is -4.13. The molecule has 0 unspecified atom stereocenters. The van der Waals surface area contributed by atoms with Gasteiger partial charge in [0.1, 0.15) is 11.5 Å². The fourth-order valence-corrected chi connectivity index (χ4v) is 4.49. The number of carbonyl (C=O) groups excluding carboxylic acids is 1. The molecule has 0 bridgehead atoms. The fraction of sp³-hybridized carbons (Fsp3) is 0.276. The van der Waals surface area contributed by atoms with Crippen LogP contribution in [0.3, 0.4) is 0 Å². The summed E-state index contributed by atoms with van der Waals surface area (Å²) in [5, 5.41) is 10.2. The normalized spacial score (nSPS) is 13.6. The van der Waals surface area contributed by atoms with Crippen LogP contribution < -0.4 is 14.2 Å². The Morgan fingerprint density at radius 1 is 1.03 bits per heavy atom. The number of aromatic hydroxyl groups is 1. The van der Waals surface area contributed by atoms with Gasteiger partial charge in [0.2, 0.25) is 11.7 Å². The maximum Gasteiger partial charge on any atom is 0.227 e. The van der Waals surface area contributed by atoms with Crippen LogP contribution in [0.5, 0.6) is 23.0 Å². The Morgan fingerprint density at radius 3 is 2.36 bits per heavy atom. The number of phenols is 1. The number of nitrogens with zero attached hydrogens (tertiary/aromatic N) is 1. The molecule has 3 aromatic rings. The number of ether oxygens (including phenoxy) is 3. The lowest BCUT2D eigenvalue weighted by Gasteiger charge is -2.17. The number of rotatable bonds is 9. The summed E-state index contributed by atoms with van der Waals surface area (Å²) in [5.41, 5.74) is 6.08. The van der Waals surface area contributed by atoms with E-state index >= 15 is 0 Å². The van der Waals surface area contributed by atoms with E-state index in [0.717, 1.165) is 44.9 Å². The van der Waals surface area contributed by atoms with Crippen molar-refractivity contribution in [2.24, 2.45) is 0 Å². The van der Waals surface area contributed by atoms with Crippen molar-refractivity contribution in [1.82, 2.24) is 4.90 Å². The summed E-state index contributed by atoms with van der Waals surface area (Å²) >= 11 is 0. The first kappa shape index (κ1) is 25.0. The minimum absolute atomic E-state index is 0.00350. The SMILES string of the molecule is COc1ccc2c(c1)C(CC(=O)N(C)Cc1ccco1)=C(C)/C2=C/Cc1cc(OC)c(O)c(OC)c1. The summed E-state index contributed by atoms with van der Waals surface area (Å²) in [4.78, 5) is 14.8. The van der Waals surface area contributed by atoms with Gasteiger partial charge in [0, 0.05) is 7.05 Å². The van der Waals surface area contributed by atoms with Gasteiger partial charge in [0.25, 0.3) is 0 Å². The van der Waals surface area contributed by atoms with Crippen molar-refractivity contribution in [3.8, 4) is 23.0 Å². The number of hydrogen-bond acceptors (Lipinski definition) is 6. The average molecular weight is 490 g/mol. The number of fused-ring (bicyclic) bond motifs is 1. The standard InChI is InChI=1S/C29H31NO6/c1-18-22(10-8-19-13-26(34-4)29(32)27(14-19)35-5)23-11-9-20(33-3)15-25(23)24(18)16-28(31)30(2)17-21-7-6-12-36-21/h6-7,9-15,32H,8,16-17H2,1-5H3/b22-10-. The summed E-state index contributed by atoms with van der Waals surface area (Å²) < 4.78 is 21.5. The van der Waals surface area contributed by atoms with Crippen molar-refractivity contribution in [2.45, 2.75) is 26.3 Å². The van der Waals surface area contributed by atoms with Gasteiger partial charge in [0.05, 0.1) is 40.6 Å². The maximum absolute atomic E-state index is 13.1. The van der Waals surface area contributed by atoms with Crippen molar-refractivity contribution < 1.29 is 28.5 Å². The molecule has 0 radical (unpaired) electrons. The third-order valence-corrected chi connectivity index (χ3v) is 6.51. The smallest absolute Gasteiger partial charge is 0.227 e. The van der Waals surface area contributed by atoms with Gasteiger partial charge < -0.3 is 28.6 Å². The van der Waals surface area contributed by atoms with Crippen LogP contribution in [0.2, 0.25) is 0 Å². The van der Waals surface area contributed by atoms with Crippen molar-refractivity contribution in [2.75, 3.05) is 28.4 Å². The third kappa shape index (κ3) is 4.96. The van der Waals surface area contributed by atoms with E-state index < -0.39 is 0 Å². The molecule has 1 aliphatic rings. The largest absolute Gasteiger partial charge is 0.502 e. The molecule has 0 aliphatic heterocycles. The highest BCUT2D eigenvalue weighted by Crippen LogP contribution is 2.45. The number of allylic oxidation sites excluding steroid dienone is 3. The number of carbonyl (C=O) groups is 1. The lowest BCUT2D eigenvalue weighted by atomic mass is 10.00. The lowest BCUT2D eigenvalue weighted by Crippen LogP contribution is -2.26. The highest BCUT2D eigenvalue weighted by Gasteiger charge is 2.27. The number of furan rings is 1. The van der Waals surface area contributed by atoms with E-state index in [4.69, 9.17) is 18.6 Å². The molecular weight excluding hydrogens is 458 g/mol. The zero-order valence-corrected chi connectivity index (χ0v) is 21.3. The highest BCUT2D eigenvalue weighted by molar-refractivity contribution is 6.04. The van der Waals surface area contributed by atoms with Crippen molar-refractivity contribution in [1.29, 1.82) is 0 Å². The highest BCUT2D eigenvalue weighted by atomic mass is 16.5. The minimum atomic E-state index is -0.0229. The Labute approximate surface area is 211 Å². The lowest BCUT2D eigenvalue weighted by molar-refractivity contribution is -0.129. The average Bonchev–Trinajstić information content (AvgIpc) is 3.49. The van der Waals surface area contributed by atoms with E-state index in [9.17, 15) is 9.90 Å². The summed E-state index contributed by atoms with van der Waals surface area (Å²) in [6, 6.07) is 13.2. The predicted molar refractivity (Wildman–Crippen MR) is 138 cm³/mol. The second kappa shape index (κ2) is 10.6. The van der Waals surface area contributed by atoms with E-state index in [1.165, 1.54) is 14.2 Å². The van der Waals surface area contributed by atoms with Gasteiger partial charge in [0.15, 0.2) is 11.5 Å². The molecule has 0 spiro atoms. The molecule has 7 heteroatoms. The first-order valence-corrected chi connectivity index (χ1v) is 11.7.